The molecule has 1 aromatic rings. The summed E-state index contributed by atoms with van der Waals surface area (Å²) >= 11 is 0. The third-order valence-electron chi connectivity index (χ3n) is 2.32. The monoisotopic (exact) mass is 183 g/mol. The van der Waals surface area contributed by atoms with Crippen LogP contribution in [0.25, 0.3) is 0 Å². The third-order valence-corrected chi connectivity index (χ3v) is 2.32. The summed E-state index contributed by atoms with van der Waals surface area (Å²) in [4.78, 5) is 5.37. The van der Waals surface area contributed by atoms with Gasteiger partial charge in [-0.25, -0.2) is 0 Å². The Kier molecular flexibility index (Phi) is 2.35. The molecule has 1 N–H and O–H groups in total. The number of furan rings is 1. The summed E-state index contributed by atoms with van der Waals surface area (Å²) in [5.41, 5.74) is 0. The van der Waals surface area contributed by atoms with Crippen molar-refractivity contribution in [2.45, 2.75) is 18.6 Å². The fourth-order valence-electron chi connectivity index (χ4n) is 1.63. The smallest absolute Gasteiger partial charge is 0.123 e. The van der Waals surface area contributed by atoms with Crippen LogP contribution in [0.4, 0.5) is 0 Å². The minimum Gasteiger partial charge on any atom is -0.468 e. The van der Waals surface area contributed by atoms with Gasteiger partial charge in [-0.2, -0.15) is 5.06 Å². The summed E-state index contributed by atoms with van der Waals surface area (Å²) in [5, 5.41) is 10.7. The van der Waals surface area contributed by atoms with Crippen molar-refractivity contribution in [2.24, 2.45) is 0 Å². The number of hydroxylamine groups is 2. The highest BCUT2D eigenvalue weighted by Crippen LogP contribution is 2.32. The molecule has 1 aromatic heterocycles. The van der Waals surface area contributed by atoms with Crippen LogP contribution in [0.2, 0.25) is 0 Å². The number of hydrogen-bond donors (Lipinski definition) is 1. The lowest BCUT2D eigenvalue weighted by Crippen LogP contribution is -2.17. The van der Waals surface area contributed by atoms with Gasteiger partial charge in [-0.1, -0.05) is 0 Å². The average Bonchev–Trinajstić information content (AvgIpc) is 2.72. The molecule has 2 heterocycles. The van der Waals surface area contributed by atoms with Crippen LogP contribution in [-0.2, 0) is 4.84 Å². The molecule has 0 aromatic carbocycles. The minimum absolute atomic E-state index is 0.0571. The molecule has 2 rings (SSSR count). The van der Waals surface area contributed by atoms with Crippen molar-refractivity contribution < 1.29 is 14.4 Å². The molecule has 2 atom stereocenters. The Morgan fingerprint density at radius 1 is 1.69 bits per heavy atom. The largest absolute Gasteiger partial charge is 0.468 e. The summed E-state index contributed by atoms with van der Waals surface area (Å²) in [6.45, 7) is 0.0571. The summed E-state index contributed by atoms with van der Waals surface area (Å²) in [5.74, 6) is 0.887. The molecule has 0 radical (unpaired) electrons. The number of nitrogens with zero attached hydrogens (tertiary/aromatic N) is 1. The number of aliphatic hydroxyl groups excluding tert-OH is 1. The Hall–Kier alpha value is -0.840. The molecule has 72 valence electrons. The van der Waals surface area contributed by atoms with Crippen LogP contribution in [0, 0.1) is 0 Å². The van der Waals surface area contributed by atoms with Gasteiger partial charge in [-0.15, -0.1) is 0 Å². The number of rotatable bonds is 2. The van der Waals surface area contributed by atoms with Gasteiger partial charge in [-0.05, 0) is 12.1 Å². The number of hydrogen-bond acceptors (Lipinski definition) is 4. The zero-order chi connectivity index (χ0) is 9.26. The van der Waals surface area contributed by atoms with Crippen LogP contribution in [0.3, 0.4) is 0 Å². The fraction of sp³-hybridized carbons (Fsp3) is 0.556. The van der Waals surface area contributed by atoms with Crippen molar-refractivity contribution >= 4 is 0 Å². The molecule has 0 spiro atoms. The summed E-state index contributed by atoms with van der Waals surface area (Å²) < 4.78 is 5.28. The summed E-state index contributed by atoms with van der Waals surface area (Å²) in [7, 11) is 1.85. The minimum atomic E-state index is -0.0971. The van der Waals surface area contributed by atoms with E-state index in [1.54, 1.807) is 11.3 Å². The highest BCUT2D eigenvalue weighted by atomic mass is 16.7. The van der Waals surface area contributed by atoms with Gasteiger partial charge in [0.05, 0.1) is 18.9 Å². The molecule has 1 aliphatic heterocycles. The molecule has 1 saturated heterocycles. The van der Waals surface area contributed by atoms with Gasteiger partial charge >= 0.3 is 0 Å². The van der Waals surface area contributed by atoms with Crippen molar-refractivity contribution in [3.63, 3.8) is 0 Å². The van der Waals surface area contributed by atoms with Gasteiger partial charge < -0.3 is 9.52 Å². The first-order chi connectivity index (χ1) is 6.31. The van der Waals surface area contributed by atoms with Crippen LogP contribution in [0.15, 0.2) is 22.8 Å². The van der Waals surface area contributed by atoms with E-state index in [9.17, 15) is 0 Å². The van der Waals surface area contributed by atoms with Crippen molar-refractivity contribution in [2.75, 3.05) is 13.7 Å². The fourth-order valence-corrected chi connectivity index (χ4v) is 1.63. The van der Waals surface area contributed by atoms with Crippen molar-refractivity contribution in [1.82, 2.24) is 5.06 Å². The first-order valence-electron chi connectivity index (χ1n) is 4.35. The molecular formula is C9H13NO3. The second-order valence-corrected chi connectivity index (χ2v) is 3.22. The van der Waals surface area contributed by atoms with Crippen LogP contribution in [0.1, 0.15) is 18.2 Å². The van der Waals surface area contributed by atoms with Gasteiger partial charge in [0.2, 0.25) is 0 Å². The predicted molar refractivity (Wildman–Crippen MR) is 45.8 cm³/mol. The van der Waals surface area contributed by atoms with Crippen molar-refractivity contribution in [1.29, 1.82) is 0 Å². The molecule has 13 heavy (non-hydrogen) atoms. The predicted octanol–water partition coefficient (Wildman–Crippen LogP) is 0.949. The van der Waals surface area contributed by atoms with Crippen molar-refractivity contribution in [3.8, 4) is 0 Å². The first-order valence-corrected chi connectivity index (χ1v) is 4.35. The molecule has 0 amide bonds. The molecule has 0 unspecified atom stereocenters. The maximum absolute atomic E-state index is 8.92. The Balaban J connectivity index is 2.09. The average molecular weight is 183 g/mol. The molecule has 0 saturated carbocycles. The summed E-state index contributed by atoms with van der Waals surface area (Å²) in [6, 6.07) is 3.91. The normalized spacial score (nSPS) is 29.7. The zero-order valence-corrected chi connectivity index (χ0v) is 7.51. The van der Waals surface area contributed by atoms with Crippen molar-refractivity contribution in [3.05, 3.63) is 24.2 Å². The Bertz CT molecular complexity index is 260. The van der Waals surface area contributed by atoms with Gasteiger partial charge in [-0.3, -0.25) is 4.84 Å². The van der Waals surface area contributed by atoms with Crippen LogP contribution < -0.4 is 0 Å². The van der Waals surface area contributed by atoms with Gasteiger partial charge in [0.15, 0.2) is 0 Å². The lowest BCUT2D eigenvalue weighted by atomic mass is 10.1. The van der Waals surface area contributed by atoms with E-state index < -0.39 is 0 Å². The van der Waals surface area contributed by atoms with E-state index in [4.69, 9.17) is 14.4 Å². The standard InChI is InChI=1S/C9H13NO3/c1-10-8(5-7(6-11)13-10)9-3-2-4-12-9/h2-4,7-8,11H,5-6H2,1H3/t7-,8-/m1/s1. The maximum Gasteiger partial charge on any atom is 0.123 e. The van der Waals surface area contributed by atoms with E-state index in [1.165, 1.54) is 0 Å². The van der Waals surface area contributed by atoms with Crippen LogP contribution in [-0.4, -0.2) is 29.9 Å². The molecular weight excluding hydrogens is 170 g/mol. The first kappa shape index (κ1) is 8.74. The lowest BCUT2D eigenvalue weighted by molar-refractivity contribution is -0.155. The maximum atomic E-state index is 8.92. The van der Waals surface area contributed by atoms with E-state index in [2.05, 4.69) is 0 Å². The second-order valence-electron chi connectivity index (χ2n) is 3.22. The topological polar surface area (TPSA) is 45.8 Å². The van der Waals surface area contributed by atoms with Gasteiger partial charge in [0.25, 0.3) is 0 Å². The Morgan fingerprint density at radius 3 is 3.08 bits per heavy atom. The highest BCUT2D eigenvalue weighted by molar-refractivity contribution is 5.05. The number of aliphatic hydroxyl groups is 1. The molecule has 4 nitrogen and oxygen atoms in total. The molecule has 0 bridgehead atoms. The van der Waals surface area contributed by atoms with E-state index in [-0.39, 0.29) is 18.8 Å². The SMILES string of the molecule is CN1O[C@@H](CO)C[C@@H]1c1ccco1. The summed E-state index contributed by atoms with van der Waals surface area (Å²) in [6.07, 6.45) is 2.33. The lowest BCUT2D eigenvalue weighted by Gasteiger charge is -2.14. The van der Waals surface area contributed by atoms with Gasteiger partial charge in [0, 0.05) is 13.5 Å². The molecule has 0 aliphatic carbocycles. The molecule has 1 fully saturated rings. The Morgan fingerprint density at radius 2 is 2.54 bits per heavy atom. The van der Waals surface area contributed by atoms with E-state index >= 15 is 0 Å². The molecule has 1 aliphatic rings. The van der Waals surface area contributed by atoms with Gasteiger partial charge in [0.1, 0.15) is 11.9 Å². The van der Waals surface area contributed by atoms with E-state index in [0.29, 0.717) is 0 Å². The van der Waals surface area contributed by atoms with Crippen LogP contribution in [0.5, 0.6) is 0 Å². The third kappa shape index (κ3) is 1.60. The zero-order valence-electron chi connectivity index (χ0n) is 7.51. The molecule has 4 heteroatoms. The Labute approximate surface area is 76.7 Å². The van der Waals surface area contributed by atoms with E-state index in [1.807, 2.05) is 19.2 Å². The van der Waals surface area contributed by atoms with E-state index in [0.717, 1.165) is 12.2 Å². The van der Waals surface area contributed by atoms with Crippen LogP contribution >= 0.6 is 0 Å². The highest BCUT2D eigenvalue weighted by Gasteiger charge is 2.33. The quantitative estimate of drug-likeness (QED) is 0.741. The second kappa shape index (κ2) is 3.49.